The molecule has 0 saturated carbocycles. The number of nitrogens with one attached hydrogen (secondary N) is 2. The maximum atomic E-state index is 11.2. The number of ether oxygens (including phenoxy) is 1. The third-order valence-corrected chi connectivity index (χ3v) is 2.78. The molecular weight excluding hydrogens is 224 g/mol. The van der Waals surface area contributed by atoms with Gasteiger partial charge in [-0.05, 0) is 6.42 Å². The number of hydrogen-bond donors (Lipinski definition) is 3. The third kappa shape index (κ3) is 6.39. The molecule has 0 aliphatic carbocycles. The van der Waals surface area contributed by atoms with Gasteiger partial charge in [-0.3, -0.25) is 4.79 Å². The first-order valence-corrected chi connectivity index (χ1v) is 5.90. The fourth-order valence-corrected chi connectivity index (χ4v) is 1.89. The van der Waals surface area contributed by atoms with Gasteiger partial charge in [-0.15, -0.1) is 0 Å². The Morgan fingerprint density at radius 3 is 2.53 bits per heavy atom. The van der Waals surface area contributed by atoms with E-state index in [1.54, 1.807) is 6.92 Å². The normalized spacial score (nSPS) is 13.7. The van der Waals surface area contributed by atoms with E-state index in [0.29, 0.717) is 0 Å². The number of carboxylic acids is 1. The van der Waals surface area contributed by atoms with E-state index in [0.717, 1.165) is 0 Å². The van der Waals surface area contributed by atoms with Crippen LogP contribution in [0.25, 0.3) is 0 Å². The first kappa shape index (κ1) is 14.3. The van der Waals surface area contributed by atoms with E-state index >= 15 is 0 Å². The molecule has 0 heterocycles. The second-order valence-electron chi connectivity index (χ2n) is 2.81. The van der Waals surface area contributed by atoms with Crippen molar-refractivity contribution in [1.29, 1.82) is 0 Å². The fourth-order valence-electron chi connectivity index (χ4n) is 0.815. The molecule has 0 aromatic carbocycles. The Balaban J connectivity index is 4.17. The lowest BCUT2D eigenvalue weighted by Crippen LogP contribution is -2.46. The van der Waals surface area contributed by atoms with Gasteiger partial charge < -0.3 is 9.84 Å². The van der Waals surface area contributed by atoms with Crippen LogP contribution in [-0.4, -0.2) is 45.8 Å². The highest BCUT2D eigenvalue weighted by Crippen LogP contribution is 1.93. The first-order chi connectivity index (χ1) is 6.93. The zero-order valence-corrected chi connectivity index (χ0v) is 9.50. The molecule has 8 heteroatoms. The highest BCUT2D eigenvalue weighted by Gasteiger charge is 2.21. The predicted octanol–water partition coefficient (Wildman–Crippen LogP) is -1.08. The fraction of sp³-hybridized carbons (Fsp3) is 0.857. The van der Waals surface area contributed by atoms with Crippen LogP contribution in [0, 0.1) is 0 Å². The smallest absolute Gasteiger partial charge is 0.321 e. The zero-order valence-electron chi connectivity index (χ0n) is 8.69. The molecule has 15 heavy (non-hydrogen) atoms. The molecule has 0 amide bonds. The van der Waals surface area contributed by atoms with Gasteiger partial charge in [0.05, 0.1) is 6.61 Å². The van der Waals surface area contributed by atoms with Crippen molar-refractivity contribution < 1.29 is 23.1 Å². The lowest BCUT2D eigenvalue weighted by Gasteiger charge is -2.12. The van der Waals surface area contributed by atoms with Crippen molar-refractivity contribution in [3.05, 3.63) is 0 Å². The molecule has 0 aliphatic rings. The van der Waals surface area contributed by atoms with Crippen LogP contribution in [-0.2, 0) is 19.7 Å². The standard InChI is InChI=1S/C7H16N2O5S/c1-3-6(7(10)11)9-15(12,13)8-4-5-14-2/h6,8-9H,3-5H2,1-2H3,(H,10,11)/t6-/m1/s1. The largest absolute Gasteiger partial charge is 0.480 e. The highest BCUT2D eigenvalue weighted by atomic mass is 32.2. The highest BCUT2D eigenvalue weighted by molar-refractivity contribution is 7.87. The SMILES string of the molecule is CC[C@@H](NS(=O)(=O)NCCOC)C(=O)O. The Morgan fingerprint density at radius 2 is 2.13 bits per heavy atom. The number of rotatable bonds is 8. The van der Waals surface area contributed by atoms with Gasteiger partial charge in [0.2, 0.25) is 0 Å². The van der Waals surface area contributed by atoms with Gasteiger partial charge >= 0.3 is 5.97 Å². The summed E-state index contributed by atoms with van der Waals surface area (Å²) in [5, 5.41) is 8.63. The molecule has 0 bridgehead atoms. The molecule has 90 valence electrons. The maximum absolute atomic E-state index is 11.2. The molecule has 0 saturated heterocycles. The topological polar surface area (TPSA) is 105 Å². The summed E-state index contributed by atoms with van der Waals surface area (Å²) in [6.45, 7) is 1.91. The van der Waals surface area contributed by atoms with Crippen LogP contribution in [0.3, 0.4) is 0 Å². The summed E-state index contributed by atoms with van der Waals surface area (Å²) in [5.41, 5.74) is 0. The molecule has 1 atom stereocenters. The average Bonchev–Trinajstić information content (AvgIpc) is 2.14. The Hall–Kier alpha value is -0.700. The molecular formula is C7H16N2O5S. The quantitative estimate of drug-likeness (QED) is 0.468. The van der Waals surface area contributed by atoms with Gasteiger partial charge in [0, 0.05) is 13.7 Å². The van der Waals surface area contributed by atoms with E-state index in [1.165, 1.54) is 7.11 Å². The van der Waals surface area contributed by atoms with E-state index in [1.807, 2.05) is 4.72 Å². The zero-order chi connectivity index (χ0) is 11.9. The minimum absolute atomic E-state index is 0.0991. The second kappa shape index (κ2) is 6.72. The van der Waals surface area contributed by atoms with E-state index in [9.17, 15) is 13.2 Å². The predicted molar refractivity (Wildman–Crippen MR) is 53.6 cm³/mol. The minimum atomic E-state index is -3.77. The molecule has 3 N–H and O–H groups in total. The van der Waals surface area contributed by atoms with E-state index in [-0.39, 0.29) is 19.6 Å². The van der Waals surface area contributed by atoms with Crippen molar-refractivity contribution in [2.24, 2.45) is 0 Å². The monoisotopic (exact) mass is 240 g/mol. The summed E-state index contributed by atoms with van der Waals surface area (Å²) >= 11 is 0. The molecule has 0 aromatic rings. The Labute approximate surface area is 89.0 Å². The van der Waals surface area contributed by atoms with Gasteiger partial charge in [-0.1, -0.05) is 6.92 Å². The van der Waals surface area contributed by atoms with Gasteiger partial charge in [0.15, 0.2) is 0 Å². The van der Waals surface area contributed by atoms with Crippen LogP contribution in [0.1, 0.15) is 13.3 Å². The second-order valence-corrected chi connectivity index (χ2v) is 4.34. The lowest BCUT2D eigenvalue weighted by atomic mass is 10.2. The van der Waals surface area contributed by atoms with Crippen LogP contribution in [0.2, 0.25) is 0 Å². The first-order valence-electron chi connectivity index (χ1n) is 4.41. The number of methoxy groups -OCH3 is 1. The van der Waals surface area contributed by atoms with Gasteiger partial charge in [0.25, 0.3) is 10.2 Å². The van der Waals surface area contributed by atoms with Gasteiger partial charge in [-0.25, -0.2) is 0 Å². The maximum Gasteiger partial charge on any atom is 0.321 e. The summed E-state index contributed by atoms with van der Waals surface area (Å²) in [6, 6.07) is -1.11. The summed E-state index contributed by atoms with van der Waals surface area (Å²) in [4.78, 5) is 10.6. The van der Waals surface area contributed by atoms with E-state index in [4.69, 9.17) is 5.11 Å². The van der Waals surface area contributed by atoms with Crippen LogP contribution in [0.15, 0.2) is 0 Å². The van der Waals surface area contributed by atoms with Crippen molar-refractivity contribution in [1.82, 2.24) is 9.44 Å². The number of aliphatic carboxylic acids is 1. The third-order valence-electron chi connectivity index (χ3n) is 1.60. The summed E-state index contributed by atoms with van der Waals surface area (Å²) < 4.78 is 31.3. The molecule has 0 aliphatic heterocycles. The molecule has 0 aromatic heterocycles. The molecule has 0 radical (unpaired) electrons. The van der Waals surface area contributed by atoms with Gasteiger partial charge in [0.1, 0.15) is 6.04 Å². The number of hydrogen-bond acceptors (Lipinski definition) is 4. The average molecular weight is 240 g/mol. The van der Waals surface area contributed by atoms with Crippen LogP contribution < -0.4 is 9.44 Å². The minimum Gasteiger partial charge on any atom is -0.480 e. The Kier molecular flexibility index (Phi) is 6.41. The van der Waals surface area contributed by atoms with Crippen LogP contribution >= 0.6 is 0 Å². The number of carbonyl (C=O) groups is 1. The van der Waals surface area contributed by atoms with Crippen molar-refractivity contribution in [3.63, 3.8) is 0 Å². The van der Waals surface area contributed by atoms with Crippen molar-refractivity contribution in [2.75, 3.05) is 20.3 Å². The molecule has 0 rings (SSSR count). The molecule has 0 spiro atoms. The summed E-state index contributed by atoms with van der Waals surface area (Å²) in [6.07, 6.45) is 0.181. The number of carboxylic acid groups (broad SMARTS) is 1. The summed E-state index contributed by atoms with van der Waals surface area (Å²) in [7, 11) is -2.33. The van der Waals surface area contributed by atoms with Crippen LogP contribution in [0.5, 0.6) is 0 Å². The summed E-state index contributed by atoms with van der Waals surface area (Å²) in [5.74, 6) is -1.20. The van der Waals surface area contributed by atoms with Crippen LogP contribution in [0.4, 0.5) is 0 Å². The van der Waals surface area contributed by atoms with E-state index in [2.05, 4.69) is 9.46 Å². The van der Waals surface area contributed by atoms with Crippen molar-refractivity contribution in [2.45, 2.75) is 19.4 Å². The Bertz CT molecular complexity index is 290. The lowest BCUT2D eigenvalue weighted by molar-refractivity contribution is -0.139. The molecule has 0 unspecified atom stereocenters. The van der Waals surface area contributed by atoms with E-state index < -0.39 is 22.2 Å². The van der Waals surface area contributed by atoms with Gasteiger partial charge in [-0.2, -0.15) is 17.9 Å². The molecule has 0 fully saturated rings. The molecule has 7 nitrogen and oxygen atoms in total. The van der Waals surface area contributed by atoms with Crippen molar-refractivity contribution >= 4 is 16.2 Å². The Morgan fingerprint density at radius 1 is 1.53 bits per heavy atom. The van der Waals surface area contributed by atoms with Crippen molar-refractivity contribution in [3.8, 4) is 0 Å².